The van der Waals surface area contributed by atoms with Crippen molar-refractivity contribution in [3.8, 4) is 11.5 Å². The molecule has 1 aliphatic carbocycles. The lowest BCUT2D eigenvalue weighted by Crippen LogP contribution is -2.45. The van der Waals surface area contributed by atoms with Gasteiger partial charge in [-0.15, -0.1) is 0 Å². The van der Waals surface area contributed by atoms with E-state index < -0.39 is 18.0 Å². The molecule has 9 nitrogen and oxygen atoms in total. The zero-order valence-electron chi connectivity index (χ0n) is 17.7. The van der Waals surface area contributed by atoms with Crippen LogP contribution in [0.15, 0.2) is 18.2 Å². The number of hydrogen-bond donors (Lipinski definition) is 2. The van der Waals surface area contributed by atoms with Crippen LogP contribution < -0.4 is 20.1 Å². The monoisotopic (exact) mass is 431 g/mol. The molecule has 2 atom stereocenters. The average Bonchev–Trinajstić information content (AvgIpc) is 3.40. The molecule has 3 amide bonds. The van der Waals surface area contributed by atoms with E-state index in [9.17, 15) is 14.4 Å². The maximum atomic E-state index is 12.5. The molecular formula is C22H29N3O6. The molecule has 0 aromatic heterocycles. The molecule has 0 radical (unpaired) electrons. The second-order valence-corrected chi connectivity index (χ2v) is 8.43. The molecule has 2 heterocycles. The number of rotatable bonds is 5. The van der Waals surface area contributed by atoms with Gasteiger partial charge in [-0.3, -0.25) is 19.8 Å². The number of nitrogens with zero attached hydrogens (tertiary/aromatic N) is 1. The summed E-state index contributed by atoms with van der Waals surface area (Å²) in [5.41, 5.74) is 0.487. The first-order chi connectivity index (χ1) is 15.0. The number of amides is 3. The third-order valence-corrected chi connectivity index (χ3v) is 6.46. The standard InChI is InChI=1S/C22H29N3O6/c1-29-21(27)17-9-15(14-5-3-2-4-6-14)11-25(17)12-20(26)24-22(28)23-16-7-8-18-19(10-16)31-13-30-18/h7-8,10,14-15,17H,2-6,9,11-13H2,1H3,(H2,23,24,26,28)/t15-,17-/m0/s1. The Morgan fingerprint density at radius 1 is 1.10 bits per heavy atom. The molecule has 0 bridgehead atoms. The number of nitrogens with one attached hydrogen (secondary N) is 2. The molecule has 0 unspecified atom stereocenters. The molecule has 0 spiro atoms. The second kappa shape index (κ2) is 9.55. The van der Waals surface area contributed by atoms with Crippen LogP contribution >= 0.6 is 0 Å². The Balaban J connectivity index is 1.32. The Hall–Kier alpha value is -2.81. The molecule has 1 aromatic carbocycles. The number of carbonyl (C=O) groups is 3. The summed E-state index contributed by atoms with van der Waals surface area (Å²) in [4.78, 5) is 38.9. The van der Waals surface area contributed by atoms with Crippen molar-refractivity contribution in [1.29, 1.82) is 0 Å². The molecule has 1 aromatic rings. The van der Waals surface area contributed by atoms with Gasteiger partial charge in [0.15, 0.2) is 11.5 Å². The van der Waals surface area contributed by atoms with Gasteiger partial charge >= 0.3 is 12.0 Å². The predicted octanol–water partition coefficient (Wildman–Crippen LogP) is 2.51. The summed E-state index contributed by atoms with van der Waals surface area (Å²) in [5.74, 6) is 1.32. The van der Waals surface area contributed by atoms with Gasteiger partial charge in [0, 0.05) is 18.3 Å². The van der Waals surface area contributed by atoms with Gasteiger partial charge in [-0.1, -0.05) is 32.1 Å². The summed E-state index contributed by atoms with van der Waals surface area (Å²) in [5, 5.41) is 4.96. The smallest absolute Gasteiger partial charge is 0.325 e. The quantitative estimate of drug-likeness (QED) is 0.690. The largest absolute Gasteiger partial charge is 0.468 e. The normalized spacial score (nSPS) is 23.4. The lowest BCUT2D eigenvalue weighted by molar-refractivity contribution is -0.146. The number of carbonyl (C=O) groups excluding carboxylic acids is 3. The van der Waals surface area contributed by atoms with Gasteiger partial charge in [-0.25, -0.2) is 4.79 Å². The Morgan fingerprint density at radius 2 is 1.87 bits per heavy atom. The molecule has 1 saturated carbocycles. The van der Waals surface area contributed by atoms with Crippen LogP contribution in [0.1, 0.15) is 38.5 Å². The van der Waals surface area contributed by atoms with Gasteiger partial charge < -0.3 is 19.5 Å². The van der Waals surface area contributed by atoms with E-state index in [0.29, 0.717) is 42.0 Å². The van der Waals surface area contributed by atoms with Crippen LogP contribution in [-0.2, 0) is 14.3 Å². The van der Waals surface area contributed by atoms with Crippen molar-refractivity contribution in [3.05, 3.63) is 18.2 Å². The second-order valence-electron chi connectivity index (χ2n) is 8.43. The zero-order chi connectivity index (χ0) is 21.8. The van der Waals surface area contributed by atoms with Crippen molar-refractivity contribution in [2.75, 3.05) is 32.3 Å². The topological polar surface area (TPSA) is 106 Å². The minimum atomic E-state index is -0.637. The van der Waals surface area contributed by atoms with E-state index in [1.54, 1.807) is 18.2 Å². The fourth-order valence-electron chi connectivity index (χ4n) is 4.93. The van der Waals surface area contributed by atoms with Gasteiger partial charge in [-0.05, 0) is 30.4 Å². The highest BCUT2D eigenvalue weighted by molar-refractivity contribution is 6.02. The maximum absolute atomic E-state index is 12.5. The van der Waals surface area contributed by atoms with Crippen LogP contribution in [0.4, 0.5) is 10.5 Å². The average molecular weight is 431 g/mol. The number of benzene rings is 1. The Labute approximate surface area is 181 Å². The van der Waals surface area contributed by atoms with Crippen LogP contribution in [0, 0.1) is 11.8 Å². The first-order valence-corrected chi connectivity index (χ1v) is 10.9. The van der Waals surface area contributed by atoms with Crippen molar-refractivity contribution in [2.24, 2.45) is 11.8 Å². The molecule has 2 fully saturated rings. The highest BCUT2D eigenvalue weighted by Crippen LogP contribution is 2.37. The highest BCUT2D eigenvalue weighted by Gasteiger charge is 2.41. The fourth-order valence-corrected chi connectivity index (χ4v) is 4.93. The molecule has 2 N–H and O–H groups in total. The summed E-state index contributed by atoms with van der Waals surface area (Å²) in [7, 11) is 1.37. The van der Waals surface area contributed by atoms with E-state index >= 15 is 0 Å². The number of hydrogen-bond acceptors (Lipinski definition) is 7. The number of esters is 1. The predicted molar refractivity (Wildman–Crippen MR) is 112 cm³/mol. The number of methoxy groups -OCH3 is 1. The van der Waals surface area contributed by atoms with E-state index in [1.807, 2.05) is 4.90 Å². The summed E-state index contributed by atoms with van der Waals surface area (Å²) in [6.45, 7) is 0.779. The fraction of sp³-hybridized carbons (Fsp3) is 0.591. The molecular weight excluding hydrogens is 402 g/mol. The van der Waals surface area contributed by atoms with Crippen LogP contribution in [0.3, 0.4) is 0 Å². The van der Waals surface area contributed by atoms with E-state index in [2.05, 4.69) is 10.6 Å². The number of fused-ring (bicyclic) bond motifs is 1. The van der Waals surface area contributed by atoms with Gasteiger partial charge in [0.25, 0.3) is 0 Å². The Kier molecular flexibility index (Phi) is 6.60. The van der Waals surface area contributed by atoms with E-state index in [0.717, 1.165) is 0 Å². The first kappa shape index (κ1) is 21.4. The first-order valence-electron chi connectivity index (χ1n) is 10.9. The third-order valence-electron chi connectivity index (χ3n) is 6.46. The van der Waals surface area contributed by atoms with E-state index in [4.69, 9.17) is 14.2 Å². The number of ether oxygens (including phenoxy) is 3. The van der Waals surface area contributed by atoms with Crippen LogP contribution in [0.2, 0.25) is 0 Å². The molecule has 9 heteroatoms. The Bertz CT molecular complexity index is 839. The third kappa shape index (κ3) is 5.10. The van der Waals surface area contributed by atoms with Gasteiger partial charge in [0.05, 0.1) is 13.7 Å². The summed E-state index contributed by atoms with van der Waals surface area (Å²) in [6, 6.07) is 3.91. The Morgan fingerprint density at radius 3 is 2.65 bits per heavy atom. The van der Waals surface area contributed by atoms with E-state index in [-0.39, 0.29) is 19.3 Å². The SMILES string of the molecule is COC(=O)[C@@H]1C[C@H](C2CCCCC2)CN1CC(=O)NC(=O)Nc1ccc2c(c1)OCO2. The minimum Gasteiger partial charge on any atom is -0.468 e. The number of likely N-dealkylation sites (tertiary alicyclic amines) is 1. The van der Waals surface area contributed by atoms with Crippen molar-refractivity contribution in [1.82, 2.24) is 10.2 Å². The summed E-state index contributed by atoms with van der Waals surface area (Å²) in [6.07, 6.45) is 6.78. The highest BCUT2D eigenvalue weighted by atomic mass is 16.7. The van der Waals surface area contributed by atoms with Crippen molar-refractivity contribution < 1.29 is 28.6 Å². The van der Waals surface area contributed by atoms with E-state index in [1.165, 1.54) is 39.2 Å². The van der Waals surface area contributed by atoms with Crippen molar-refractivity contribution in [3.63, 3.8) is 0 Å². The molecule has 4 rings (SSSR count). The van der Waals surface area contributed by atoms with Crippen LogP contribution in [-0.4, -0.2) is 55.8 Å². The molecule has 3 aliphatic rings. The maximum Gasteiger partial charge on any atom is 0.325 e. The lowest BCUT2D eigenvalue weighted by Gasteiger charge is -2.27. The van der Waals surface area contributed by atoms with Crippen molar-refractivity contribution >= 4 is 23.6 Å². The van der Waals surface area contributed by atoms with Gasteiger partial charge in [0.2, 0.25) is 12.7 Å². The number of anilines is 1. The minimum absolute atomic E-state index is 0.0302. The summed E-state index contributed by atoms with van der Waals surface area (Å²) >= 11 is 0. The molecule has 1 saturated heterocycles. The van der Waals surface area contributed by atoms with Crippen LogP contribution in [0.25, 0.3) is 0 Å². The molecule has 2 aliphatic heterocycles. The van der Waals surface area contributed by atoms with Crippen molar-refractivity contribution in [2.45, 2.75) is 44.6 Å². The molecule has 31 heavy (non-hydrogen) atoms. The lowest BCUT2D eigenvalue weighted by atomic mass is 9.79. The zero-order valence-corrected chi connectivity index (χ0v) is 17.7. The van der Waals surface area contributed by atoms with Crippen LogP contribution in [0.5, 0.6) is 11.5 Å². The summed E-state index contributed by atoms with van der Waals surface area (Å²) < 4.78 is 15.5. The number of imide groups is 1. The van der Waals surface area contributed by atoms with Gasteiger partial charge in [-0.2, -0.15) is 0 Å². The molecule has 168 valence electrons. The van der Waals surface area contributed by atoms with Gasteiger partial charge in [0.1, 0.15) is 6.04 Å². The number of urea groups is 1.